The number of benzene rings is 2. The molecule has 0 unspecified atom stereocenters. The Kier molecular flexibility index (Phi) is 5.02. The minimum absolute atomic E-state index is 0.0317. The molecular formula is C22H22N4O3S2. The van der Waals surface area contributed by atoms with Crippen molar-refractivity contribution in [1.82, 2.24) is 9.88 Å². The predicted molar refractivity (Wildman–Crippen MR) is 122 cm³/mol. The number of aryl methyl sites for hydroxylation is 1. The average molecular weight is 455 g/mol. The molecule has 1 N–H and O–H groups in total. The summed E-state index contributed by atoms with van der Waals surface area (Å²) >= 11 is 1.49. The summed E-state index contributed by atoms with van der Waals surface area (Å²) in [7, 11) is -3.63. The lowest BCUT2D eigenvalue weighted by molar-refractivity contribution is -0.120. The smallest absolute Gasteiger partial charge is 0.285 e. The fourth-order valence-electron chi connectivity index (χ4n) is 4.12. The summed E-state index contributed by atoms with van der Waals surface area (Å²) in [6, 6.07) is 13.1. The fraction of sp³-hybridized carbons (Fsp3) is 0.318. The number of carbonyl (C=O) groups excluding carboxylic acids is 1. The Morgan fingerprint density at radius 2 is 1.97 bits per heavy atom. The maximum Gasteiger partial charge on any atom is 0.285 e. The zero-order valence-electron chi connectivity index (χ0n) is 17.0. The molecule has 1 fully saturated rings. The van der Waals surface area contributed by atoms with E-state index in [0.29, 0.717) is 42.5 Å². The van der Waals surface area contributed by atoms with E-state index in [-0.39, 0.29) is 16.7 Å². The van der Waals surface area contributed by atoms with Crippen LogP contribution in [0.2, 0.25) is 0 Å². The number of anilines is 1. The number of fused-ring (bicyclic) bond motifs is 2. The summed E-state index contributed by atoms with van der Waals surface area (Å²) in [5.74, 6) is 0.325. The van der Waals surface area contributed by atoms with Gasteiger partial charge < -0.3 is 10.2 Å². The summed E-state index contributed by atoms with van der Waals surface area (Å²) in [6.45, 7) is 3.28. The molecule has 160 valence electrons. The molecule has 0 bridgehead atoms. The van der Waals surface area contributed by atoms with Gasteiger partial charge in [-0.2, -0.15) is 8.42 Å². The van der Waals surface area contributed by atoms with Crippen molar-refractivity contribution in [3.63, 3.8) is 0 Å². The number of likely N-dealkylation sites (tertiary alicyclic amines) is 1. The number of nitrogens with one attached hydrogen (secondary N) is 1. The zero-order valence-corrected chi connectivity index (χ0v) is 18.7. The van der Waals surface area contributed by atoms with E-state index in [0.717, 1.165) is 16.6 Å². The first-order valence-electron chi connectivity index (χ1n) is 10.3. The Labute approximate surface area is 184 Å². The Hall–Kier alpha value is -2.78. The van der Waals surface area contributed by atoms with Crippen LogP contribution in [0.4, 0.5) is 5.13 Å². The molecule has 1 saturated heterocycles. The van der Waals surface area contributed by atoms with E-state index < -0.39 is 10.0 Å². The Balaban J connectivity index is 1.25. The van der Waals surface area contributed by atoms with Crippen LogP contribution >= 0.6 is 11.3 Å². The van der Waals surface area contributed by atoms with Crippen molar-refractivity contribution < 1.29 is 13.2 Å². The molecule has 1 amide bonds. The van der Waals surface area contributed by atoms with E-state index >= 15 is 0 Å². The SMILES string of the molecule is CCc1ccc2nc(NC(=O)C3CCN(C4=NS(=O)(=O)c5ccccc54)CC3)sc2c1. The molecule has 31 heavy (non-hydrogen) atoms. The van der Waals surface area contributed by atoms with E-state index in [9.17, 15) is 13.2 Å². The average Bonchev–Trinajstić information content (AvgIpc) is 3.30. The van der Waals surface area contributed by atoms with Gasteiger partial charge in [0.2, 0.25) is 5.91 Å². The van der Waals surface area contributed by atoms with Crippen LogP contribution < -0.4 is 5.32 Å². The van der Waals surface area contributed by atoms with Gasteiger partial charge in [0.25, 0.3) is 10.0 Å². The monoisotopic (exact) mass is 454 g/mol. The van der Waals surface area contributed by atoms with Crippen molar-refractivity contribution in [3.05, 3.63) is 53.6 Å². The van der Waals surface area contributed by atoms with Gasteiger partial charge in [0.15, 0.2) is 11.0 Å². The van der Waals surface area contributed by atoms with Crippen molar-refractivity contribution >= 4 is 48.5 Å². The largest absolute Gasteiger partial charge is 0.355 e. The third kappa shape index (κ3) is 3.72. The van der Waals surface area contributed by atoms with Crippen LogP contribution in [0.15, 0.2) is 51.8 Å². The van der Waals surface area contributed by atoms with E-state index in [2.05, 4.69) is 33.8 Å². The van der Waals surface area contributed by atoms with Crippen molar-refractivity contribution in [3.8, 4) is 0 Å². The minimum Gasteiger partial charge on any atom is -0.355 e. The molecule has 9 heteroatoms. The van der Waals surface area contributed by atoms with Crippen molar-refractivity contribution in [2.75, 3.05) is 18.4 Å². The number of carbonyl (C=O) groups is 1. The Morgan fingerprint density at radius 1 is 1.19 bits per heavy atom. The molecule has 0 saturated carbocycles. The molecule has 5 rings (SSSR count). The lowest BCUT2D eigenvalue weighted by Gasteiger charge is -2.32. The van der Waals surface area contributed by atoms with Gasteiger partial charge in [-0.05, 0) is 49.1 Å². The number of amides is 1. The molecule has 2 aliphatic heterocycles. The predicted octanol–water partition coefficient (Wildman–Crippen LogP) is 3.66. The number of sulfonamides is 1. The highest BCUT2D eigenvalue weighted by Crippen LogP contribution is 2.31. The lowest BCUT2D eigenvalue weighted by Crippen LogP contribution is -2.41. The molecular weight excluding hydrogens is 432 g/mol. The fourth-order valence-corrected chi connectivity index (χ4v) is 6.28. The van der Waals surface area contributed by atoms with Gasteiger partial charge in [0, 0.05) is 24.6 Å². The molecule has 7 nitrogen and oxygen atoms in total. The summed E-state index contributed by atoms with van der Waals surface area (Å²) < 4.78 is 29.7. The topological polar surface area (TPSA) is 91.7 Å². The Bertz CT molecular complexity index is 1310. The van der Waals surface area contributed by atoms with Crippen molar-refractivity contribution in [2.24, 2.45) is 10.3 Å². The molecule has 0 aliphatic carbocycles. The number of piperidine rings is 1. The maximum absolute atomic E-state index is 12.8. The van der Waals surface area contributed by atoms with Crippen LogP contribution in [0.1, 0.15) is 30.9 Å². The van der Waals surface area contributed by atoms with Gasteiger partial charge >= 0.3 is 0 Å². The third-order valence-corrected chi connectivity index (χ3v) is 8.13. The highest BCUT2D eigenvalue weighted by Gasteiger charge is 2.34. The molecule has 3 aromatic rings. The van der Waals surface area contributed by atoms with Gasteiger partial charge in [-0.15, -0.1) is 4.40 Å². The highest BCUT2D eigenvalue weighted by molar-refractivity contribution is 7.90. The zero-order chi connectivity index (χ0) is 21.6. The third-order valence-electron chi connectivity index (χ3n) is 5.87. The van der Waals surface area contributed by atoms with Crippen LogP contribution in [-0.4, -0.2) is 43.1 Å². The van der Waals surface area contributed by atoms with E-state index in [1.807, 2.05) is 17.0 Å². The summed E-state index contributed by atoms with van der Waals surface area (Å²) in [5.41, 5.74) is 2.79. The van der Waals surface area contributed by atoms with Crippen LogP contribution in [0.5, 0.6) is 0 Å². The van der Waals surface area contributed by atoms with Crippen molar-refractivity contribution in [2.45, 2.75) is 31.1 Å². The number of rotatable bonds is 3. The van der Waals surface area contributed by atoms with Gasteiger partial charge in [-0.1, -0.05) is 36.5 Å². The minimum atomic E-state index is -3.63. The molecule has 0 radical (unpaired) electrons. The quantitative estimate of drug-likeness (QED) is 0.652. The maximum atomic E-state index is 12.8. The number of aromatic nitrogens is 1. The standard InChI is InChI=1S/C22H22N4O3S2/c1-2-14-7-8-17-18(13-14)30-22(23-17)24-21(27)15-9-11-26(12-10-15)20-16-5-3-4-6-19(16)31(28,29)25-20/h3-8,13,15H,2,9-12H2,1H3,(H,23,24,27). The number of nitrogens with zero attached hydrogens (tertiary/aromatic N) is 3. The summed E-state index contributed by atoms with van der Waals surface area (Å²) in [6.07, 6.45) is 2.24. The number of amidine groups is 1. The molecule has 2 aromatic carbocycles. The van der Waals surface area contributed by atoms with Crippen LogP contribution in [0, 0.1) is 5.92 Å². The number of thiazole rings is 1. The van der Waals surface area contributed by atoms with Crippen molar-refractivity contribution in [1.29, 1.82) is 0 Å². The van der Waals surface area contributed by atoms with E-state index in [1.54, 1.807) is 18.2 Å². The molecule has 0 spiro atoms. The van der Waals surface area contributed by atoms with E-state index in [4.69, 9.17) is 0 Å². The van der Waals surface area contributed by atoms with Crippen LogP contribution in [-0.2, 0) is 21.2 Å². The number of hydrogen-bond donors (Lipinski definition) is 1. The second-order valence-electron chi connectivity index (χ2n) is 7.81. The Morgan fingerprint density at radius 3 is 2.74 bits per heavy atom. The molecule has 1 aromatic heterocycles. The van der Waals surface area contributed by atoms with Gasteiger partial charge in [-0.3, -0.25) is 4.79 Å². The lowest BCUT2D eigenvalue weighted by atomic mass is 9.95. The van der Waals surface area contributed by atoms with Crippen LogP contribution in [0.3, 0.4) is 0 Å². The van der Waals surface area contributed by atoms with Gasteiger partial charge in [0.1, 0.15) is 4.90 Å². The number of hydrogen-bond acceptors (Lipinski definition) is 6. The van der Waals surface area contributed by atoms with E-state index in [1.165, 1.54) is 16.9 Å². The van der Waals surface area contributed by atoms with Gasteiger partial charge in [0.05, 0.1) is 10.2 Å². The highest BCUT2D eigenvalue weighted by atomic mass is 32.2. The second-order valence-corrected chi connectivity index (χ2v) is 10.4. The first-order chi connectivity index (χ1) is 14.9. The summed E-state index contributed by atoms with van der Waals surface area (Å²) in [4.78, 5) is 19.6. The van der Waals surface area contributed by atoms with Crippen LogP contribution in [0.25, 0.3) is 10.2 Å². The second kappa shape index (κ2) is 7.72. The normalized spacial score (nSPS) is 18.1. The summed E-state index contributed by atoms with van der Waals surface area (Å²) in [5, 5.41) is 3.60. The molecule has 0 atom stereocenters. The molecule has 3 heterocycles. The first-order valence-corrected chi connectivity index (χ1v) is 12.6. The molecule has 2 aliphatic rings. The van der Waals surface area contributed by atoms with Gasteiger partial charge in [-0.25, -0.2) is 4.98 Å². The first kappa shape index (κ1) is 20.1.